The van der Waals surface area contributed by atoms with Gasteiger partial charge in [0.25, 0.3) is 0 Å². The van der Waals surface area contributed by atoms with Crippen LogP contribution in [0, 0.1) is 6.92 Å². The Labute approximate surface area is 122 Å². The van der Waals surface area contributed by atoms with E-state index in [1.54, 1.807) is 25.1 Å². The summed E-state index contributed by atoms with van der Waals surface area (Å²) < 4.78 is 15.7. The van der Waals surface area contributed by atoms with Gasteiger partial charge in [-0.1, -0.05) is 6.92 Å². The summed E-state index contributed by atoms with van der Waals surface area (Å²) in [5, 5.41) is 0.839. The predicted octanol–water partition coefficient (Wildman–Crippen LogP) is 2.82. The van der Waals surface area contributed by atoms with E-state index in [1.807, 2.05) is 13.8 Å². The molecular formula is C16H18O5. The molecule has 21 heavy (non-hydrogen) atoms. The maximum Gasteiger partial charge on any atom is 0.347 e. The quantitative estimate of drug-likeness (QED) is 0.625. The molecule has 0 N–H and O–H groups in total. The molecule has 0 aliphatic carbocycles. The smallest absolute Gasteiger partial charge is 0.347 e. The molecule has 0 radical (unpaired) electrons. The van der Waals surface area contributed by atoms with Crippen molar-refractivity contribution in [3.05, 3.63) is 40.2 Å². The van der Waals surface area contributed by atoms with Gasteiger partial charge in [-0.3, -0.25) is 0 Å². The SMILES string of the molecule is CCOC(=O)[C@H](CC)Oc1ccc2c(C)cc(=O)oc2c1. The zero-order valence-electron chi connectivity index (χ0n) is 12.3. The fourth-order valence-electron chi connectivity index (χ4n) is 2.08. The molecule has 0 spiro atoms. The molecule has 1 atom stereocenters. The highest BCUT2D eigenvalue weighted by Crippen LogP contribution is 2.23. The van der Waals surface area contributed by atoms with Crippen LogP contribution < -0.4 is 10.4 Å². The Hall–Kier alpha value is -2.30. The number of hydrogen-bond donors (Lipinski definition) is 0. The molecule has 112 valence electrons. The van der Waals surface area contributed by atoms with Gasteiger partial charge in [-0.25, -0.2) is 9.59 Å². The van der Waals surface area contributed by atoms with Gasteiger partial charge >= 0.3 is 11.6 Å². The van der Waals surface area contributed by atoms with E-state index in [2.05, 4.69) is 0 Å². The Balaban J connectivity index is 2.30. The third-order valence-corrected chi connectivity index (χ3v) is 3.12. The van der Waals surface area contributed by atoms with Crippen LogP contribution in [-0.4, -0.2) is 18.7 Å². The Morgan fingerprint density at radius 3 is 2.71 bits per heavy atom. The molecule has 0 aliphatic heterocycles. The van der Waals surface area contributed by atoms with Crippen molar-refractivity contribution in [2.45, 2.75) is 33.3 Å². The Morgan fingerprint density at radius 2 is 2.05 bits per heavy atom. The first-order chi connectivity index (χ1) is 10.0. The van der Waals surface area contributed by atoms with Crippen LogP contribution >= 0.6 is 0 Å². The lowest BCUT2D eigenvalue weighted by Crippen LogP contribution is -2.28. The lowest BCUT2D eigenvalue weighted by atomic mass is 10.1. The maximum atomic E-state index is 11.7. The topological polar surface area (TPSA) is 65.7 Å². The summed E-state index contributed by atoms with van der Waals surface area (Å²) in [7, 11) is 0. The molecule has 0 bridgehead atoms. The van der Waals surface area contributed by atoms with Gasteiger partial charge in [0.2, 0.25) is 0 Å². The number of rotatable bonds is 5. The van der Waals surface area contributed by atoms with Gasteiger partial charge in [0, 0.05) is 17.5 Å². The number of hydrogen-bond acceptors (Lipinski definition) is 5. The molecule has 0 unspecified atom stereocenters. The number of benzene rings is 1. The second-order valence-electron chi connectivity index (χ2n) is 4.67. The highest BCUT2D eigenvalue weighted by atomic mass is 16.6. The van der Waals surface area contributed by atoms with Gasteiger partial charge in [-0.05, 0) is 38.0 Å². The van der Waals surface area contributed by atoms with Crippen molar-refractivity contribution in [3.8, 4) is 5.75 Å². The molecule has 5 heteroatoms. The number of carbonyl (C=O) groups is 1. The fourth-order valence-corrected chi connectivity index (χ4v) is 2.08. The van der Waals surface area contributed by atoms with Crippen LogP contribution in [0.4, 0.5) is 0 Å². The summed E-state index contributed by atoms with van der Waals surface area (Å²) in [4.78, 5) is 23.1. The summed E-state index contributed by atoms with van der Waals surface area (Å²) >= 11 is 0. The van der Waals surface area contributed by atoms with E-state index in [-0.39, 0.29) is 0 Å². The van der Waals surface area contributed by atoms with Crippen molar-refractivity contribution >= 4 is 16.9 Å². The molecule has 1 aromatic carbocycles. The minimum atomic E-state index is -0.668. The van der Waals surface area contributed by atoms with Crippen molar-refractivity contribution in [2.24, 2.45) is 0 Å². The molecular weight excluding hydrogens is 272 g/mol. The summed E-state index contributed by atoms with van der Waals surface area (Å²) in [5.41, 5.74) is 0.871. The van der Waals surface area contributed by atoms with E-state index in [1.165, 1.54) is 6.07 Å². The highest BCUT2D eigenvalue weighted by molar-refractivity contribution is 5.81. The van der Waals surface area contributed by atoms with E-state index in [4.69, 9.17) is 13.9 Å². The van der Waals surface area contributed by atoms with E-state index >= 15 is 0 Å². The number of ether oxygens (including phenoxy) is 2. The minimum absolute atomic E-state index is 0.310. The molecule has 2 rings (SSSR count). The normalized spacial score (nSPS) is 12.1. The van der Waals surface area contributed by atoms with Gasteiger partial charge < -0.3 is 13.9 Å². The molecule has 0 aliphatic rings. The molecule has 5 nitrogen and oxygen atoms in total. The van der Waals surface area contributed by atoms with Crippen molar-refractivity contribution in [1.82, 2.24) is 0 Å². The molecule has 1 aromatic heterocycles. The largest absolute Gasteiger partial charge is 0.479 e. The summed E-state index contributed by atoms with van der Waals surface area (Å²) in [6, 6.07) is 6.61. The first kappa shape index (κ1) is 15.1. The summed E-state index contributed by atoms with van der Waals surface area (Å²) in [6.07, 6.45) is -0.173. The molecule has 0 saturated heterocycles. The van der Waals surface area contributed by atoms with Crippen molar-refractivity contribution < 1.29 is 18.7 Å². The maximum absolute atomic E-state index is 11.7. The molecule has 0 saturated carbocycles. The predicted molar refractivity (Wildman–Crippen MR) is 78.6 cm³/mol. The lowest BCUT2D eigenvalue weighted by Gasteiger charge is -2.16. The zero-order chi connectivity index (χ0) is 15.4. The van der Waals surface area contributed by atoms with Gasteiger partial charge in [-0.15, -0.1) is 0 Å². The lowest BCUT2D eigenvalue weighted by molar-refractivity contribution is -0.151. The number of esters is 1. The van der Waals surface area contributed by atoms with Gasteiger partial charge in [0.05, 0.1) is 6.61 Å². The molecule has 0 fully saturated rings. The average molecular weight is 290 g/mol. The van der Waals surface area contributed by atoms with E-state index in [0.717, 1.165) is 10.9 Å². The first-order valence-corrected chi connectivity index (χ1v) is 6.93. The fraction of sp³-hybridized carbons (Fsp3) is 0.375. The van der Waals surface area contributed by atoms with Crippen LogP contribution in [0.15, 0.2) is 33.5 Å². The number of fused-ring (bicyclic) bond motifs is 1. The van der Waals surface area contributed by atoms with Crippen LogP contribution in [-0.2, 0) is 9.53 Å². The van der Waals surface area contributed by atoms with Crippen molar-refractivity contribution in [2.75, 3.05) is 6.61 Å². The standard InChI is InChI=1S/C16H18O5/c1-4-13(16(18)19-5-2)20-11-6-7-12-10(3)8-15(17)21-14(12)9-11/h6-9,13H,4-5H2,1-3H3/t13-/m0/s1. The summed E-state index contributed by atoms with van der Waals surface area (Å²) in [6.45, 7) is 5.74. The van der Waals surface area contributed by atoms with E-state index < -0.39 is 17.7 Å². The second-order valence-corrected chi connectivity index (χ2v) is 4.67. The molecule has 1 heterocycles. The van der Waals surface area contributed by atoms with Gasteiger partial charge in [0.15, 0.2) is 6.10 Å². The highest BCUT2D eigenvalue weighted by Gasteiger charge is 2.19. The number of aryl methyl sites for hydroxylation is 1. The Morgan fingerprint density at radius 1 is 1.29 bits per heavy atom. The average Bonchev–Trinajstić information content (AvgIpc) is 2.44. The minimum Gasteiger partial charge on any atom is -0.479 e. The monoisotopic (exact) mass is 290 g/mol. The Bertz CT molecular complexity index is 701. The third-order valence-electron chi connectivity index (χ3n) is 3.12. The summed E-state index contributed by atoms with van der Waals surface area (Å²) in [5.74, 6) is 0.0712. The van der Waals surface area contributed by atoms with Gasteiger partial charge in [-0.2, -0.15) is 0 Å². The molecule has 2 aromatic rings. The van der Waals surface area contributed by atoms with Crippen molar-refractivity contribution in [3.63, 3.8) is 0 Å². The van der Waals surface area contributed by atoms with Crippen LogP contribution in [0.5, 0.6) is 5.75 Å². The zero-order valence-corrected chi connectivity index (χ0v) is 12.3. The first-order valence-electron chi connectivity index (χ1n) is 6.93. The van der Waals surface area contributed by atoms with Gasteiger partial charge in [0.1, 0.15) is 11.3 Å². The van der Waals surface area contributed by atoms with Crippen LogP contribution in [0.2, 0.25) is 0 Å². The van der Waals surface area contributed by atoms with E-state index in [0.29, 0.717) is 24.4 Å². The number of carbonyl (C=O) groups excluding carboxylic acids is 1. The second kappa shape index (κ2) is 6.43. The van der Waals surface area contributed by atoms with Crippen LogP contribution in [0.25, 0.3) is 11.0 Å². The van der Waals surface area contributed by atoms with Crippen LogP contribution in [0.3, 0.4) is 0 Å². The Kier molecular flexibility index (Phi) is 4.62. The third kappa shape index (κ3) is 3.42. The van der Waals surface area contributed by atoms with Crippen molar-refractivity contribution in [1.29, 1.82) is 0 Å². The molecule has 0 amide bonds. The van der Waals surface area contributed by atoms with E-state index in [9.17, 15) is 9.59 Å². The van der Waals surface area contributed by atoms with Crippen LogP contribution in [0.1, 0.15) is 25.8 Å².